The summed E-state index contributed by atoms with van der Waals surface area (Å²) in [6.07, 6.45) is 1.93. The predicted octanol–water partition coefficient (Wildman–Crippen LogP) is -0.418. The highest BCUT2D eigenvalue weighted by atomic mass is 16.7. The molecular formula is C26H28O14. The molecule has 40 heavy (non-hydrogen) atoms. The van der Waals surface area contributed by atoms with Crippen molar-refractivity contribution in [1.82, 2.24) is 0 Å². The molecule has 0 aromatic rings. The number of carboxylic acid groups (broad SMARTS) is 1. The van der Waals surface area contributed by atoms with Crippen LogP contribution in [0.15, 0.2) is 36.5 Å². The van der Waals surface area contributed by atoms with E-state index in [1.807, 2.05) is 0 Å². The fourth-order valence-electron chi connectivity index (χ4n) is 5.01. The van der Waals surface area contributed by atoms with Gasteiger partial charge < -0.3 is 38.3 Å². The molecule has 0 bridgehead atoms. The van der Waals surface area contributed by atoms with E-state index in [0.717, 1.165) is 30.4 Å². The highest BCUT2D eigenvalue weighted by Gasteiger charge is 2.51. The van der Waals surface area contributed by atoms with Gasteiger partial charge in [-0.2, -0.15) is 0 Å². The molecule has 216 valence electrons. The lowest BCUT2D eigenvalue weighted by Gasteiger charge is -2.18. The number of hydrogen-bond donors (Lipinski definition) is 1. The van der Waals surface area contributed by atoms with E-state index in [2.05, 4.69) is 0 Å². The molecule has 0 spiro atoms. The van der Waals surface area contributed by atoms with Crippen LogP contribution in [-0.2, 0) is 61.9 Å². The average Bonchev–Trinajstić information content (AvgIpc) is 3.66. The highest BCUT2D eigenvalue weighted by molar-refractivity contribution is 5.94. The third kappa shape index (κ3) is 7.40. The molecular weight excluding hydrogens is 536 g/mol. The smallest absolute Gasteiger partial charge is 0.331 e. The second kappa shape index (κ2) is 13.0. The number of carboxylic acids is 1. The Hall–Kier alpha value is -3.88. The number of carbonyl (C=O) groups excluding carboxylic acids is 5. The molecule has 0 aromatic heterocycles. The fraction of sp³-hybridized carbons (Fsp3) is 0.538. The lowest BCUT2D eigenvalue weighted by molar-refractivity contribution is -0.150. The van der Waals surface area contributed by atoms with E-state index in [4.69, 9.17) is 38.3 Å². The molecule has 8 atom stereocenters. The molecule has 14 heteroatoms. The normalized spacial score (nSPS) is 32.7. The van der Waals surface area contributed by atoms with Crippen molar-refractivity contribution in [2.75, 3.05) is 19.8 Å². The molecule has 3 heterocycles. The first-order chi connectivity index (χ1) is 19.1. The van der Waals surface area contributed by atoms with Crippen LogP contribution < -0.4 is 0 Å². The van der Waals surface area contributed by atoms with Crippen LogP contribution in [-0.4, -0.2) is 103 Å². The van der Waals surface area contributed by atoms with Gasteiger partial charge in [0.15, 0.2) is 18.0 Å². The van der Waals surface area contributed by atoms with Gasteiger partial charge in [0.1, 0.15) is 30.5 Å². The average molecular weight is 564 g/mol. The summed E-state index contributed by atoms with van der Waals surface area (Å²) in [5, 5.41) is 8.58. The standard InChI is InChI=1S/C26H28O14/c1-13(27)2-6-20(30)37-15-4-3-14-16(10-34-24(14)15)38-22(32)8-9-23(33)40-18-12-36-25-17(11-35-26(18)25)39-21(31)7-5-19(28)29/h2,5-9,14-18,24-26H,3-4,10-12H2,1H3,(H,28,29)/b6-2-,7-5-,9-8-/t14-,15-,16+,17?,18-,24+,25-,26-/m1/s1. The molecule has 3 saturated heterocycles. The van der Waals surface area contributed by atoms with Crippen LogP contribution in [0.5, 0.6) is 0 Å². The van der Waals surface area contributed by atoms with Crippen molar-refractivity contribution in [1.29, 1.82) is 0 Å². The van der Waals surface area contributed by atoms with Crippen LogP contribution in [0, 0.1) is 5.92 Å². The fourth-order valence-corrected chi connectivity index (χ4v) is 5.01. The Bertz CT molecular complexity index is 1040. The highest BCUT2D eigenvalue weighted by Crippen LogP contribution is 2.39. The van der Waals surface area contributed by atoms with Crippen LogP contribution in [0.2, 0.25) is 0 Å². The van der Waals surface area contributed by atoms with Crippen LogP contribution in [0.3, 0.4) is 0 Å². The minimum atomic E-state index is -1.30. The maximum absolute atomic E-state index is 12.3. The molecule has 0 radical (unpaired) electrons. The summed E-state index contributed by atoms with van der Waals surface area (Å²) in [7, 11) is 0. The van der Waals surface area contributed by atoms with Gasteiger partial charge in [-0.3, -0.25) is 4.79 Å². The molecule has 4 aliphatic rings. The Morgan fingerprint density at radius 2 is 1.00 bits per heavy atom. The van der Waals surface area contributed by atoms with Crippen molar-refractivity contribution in [3.63, 3.8) is 0 Å². The van der Waals surface area contributed by atoms with Crippen molar-refractivity contribution in [2.45, 2.75) is 62.5 Å². The Kier molecular flexibility index (Phi) is 9.45. The molecule has 3 aliphatic heterocycles. The minimum absolute atomic E-state index is 0.0288. The van der Waals surface area contributed by atoms with Gasteiger partial charge in [0.05, 0.1) is 19.8 Å². The van der Waals surface area contributed by atoms with E-state index >= 15 is 0 Å². The summed E-state index contributed by atoms with van der Waals surface area (Å²) < 4.78 is 38.0. The molecule has 0 amide bonds. The largest absolute Gasteiger partial charge is 0.478 e. The number of fused-ring (bicyclic) bond motifs is 2. The number of carbonyl (C=O) groups is 6. The molecule has 1 aliphatic carbocycles. The number of hydrogen-bond acceptors (Lipinski definition) is 13. The van der Waals surface area contributed by atoms with E-state index in [1.54, 1.807) is 0 Å². The first kappa shape index (κ1) is 29.1. The van der Waals surface area contributed by atoms with Crippen molar-refractivity contribution in [3.05, 3.63) is 36.5 Å². The predicted molar refractivity (Wildman–Crippen MR) is 127 cm³/mol. The molecule has 1 saturated carbocycles. The Labute approximate surface area is 227 Å². The lowest BCUT2D eigenvalue weighted by Crippen LogP contribution is -2.35. The summed E-state index contributed by atoms with van der Waals surface area (Å²) >= 11 is 0. The van der Waals surface area contributed by atoms with Gasteiger partial charge in [0.25, 0.3) is 0 Å². The topological polar surface area (TPSA) is 187 Å². The summed E-state index contributed by atoms with van der Waals surface area (Å²) in [5.41, 5.74) is 0. The zero-order valence-electron chi connectivity index (χ0n) is 21.4. The van der Waals surface area contributed by atoms with Gasteiger partial charge in [-0.15, -0.1) is 0 Å². The van der Waals surface area contributed by atoms with E-state index in [1.165, 1.54) is 6.92 Å². The summed E-state index contributed by atoms with van der Waals surface area (Å²) in [4.78, 5) is 69.7. The van der Waals surface area contributed by atoms with Gasteiger partial charge in [0, 0.05) is 36.3 Å². The maximum atomic E-state index is 12.3. The van der Waals surface area contributed by atoms with Crippen molar-refractivity contribution >= 4 is 35.6 Å². The van der Waals surface area contributed by atoms with Crippen LogP contribution >= 0.6 is 0 Å². The van der Waals surface area contributed by atoms with Crippen molar-refractivity contribution in [2.24, 2.45) is 5.92 Å². The number of ketones is 1. The number of aliphatic carboxylic acids is 1. The first-order valence-corrected chi connectivity index (χ1v) is 12.6. The monoisotopic (exact) mass is 564 g/mol. The van der Waals surface area contributed by atoms with E-state index in [-0.39, 0.29) is 31.5 Å². The molecule has 14 nitrogen and oxygen atoms in total. The van der Waals surface area contributed by atoms with Crippen LogP contribution in [0.4, 0.5) is 0 Å². The van der Waals surface area contributed by atoms with Gasteiger partial charge in [-0.1, -0.05) is 0 Å². The van der Waals surface area contributed by atoms with Gasteiger partial charge in [0.2, 0.25) is 0 Å². The summed E-state index contributed by atoms with van der Waals surface area (Å²) in [5.74, 6) is -4.93. The minimum Gasteiger partial charge on any atom is -0.478 e. The van der Waals surface area contributed by atoms with E-state index in [0.29, 0.717) is 18.9 Å². The number of ether oxygens (including phenoxy) is 7. The van der Waals surface area contributed by atoms with Crippen molar-refractivity contribution in [3.8, 4) is 0 Å². The van der Waals surface area contributed by atoms with Crippen LogP contribution in [0.25, 0.3) is 0 Å². The number of esters is 4. The quantitative estimate of drug-likeness (QED) is 0.205. The Balaban J connectivity index is 1.20. The SMILES string of the molecule is CC(=O)/C=C\C(=O)O[C@@H]1CC[C@H]2[C@@H]1OC[C@@H]2OC(=O)/C=C\C(=O)O[C@@H]1CO[C@@H]2C(OC(=O)/C=C\C(=O)O)CO[C@@H]21. The molecule has 0 aromatic carbocycles. The third-order valence-electron chi connectivity index (χ3n) is 6.71. The van der Waals surface area contributed by atoms with E-state index < -0.39 is 72.6 Å². The molecule has 1 N–H and O–H groups in total. The third-order valence-corrected chi connectivity index (χ3v) is 6.71. The molecule has 4 fully saturated rings. The van der Waals surface area contributed by atoms with Crippen LogP contribution in [0.1, 0.15) is 19.8 Å². The molecule has 4 rings (SSSR count). The zero-order chi connectivity index (χ0) is 28.8. The first-order valence-electron chi connectivity index (χ1n) is 12.6. The van der Waals surface area contributed by atoms with Gasteiger partial charge in [-0.05, 0) is 25.8 Å². The zero-order valence-corrected chi connectivity index (χ0v) is 21.4. The summed E-state index contributed by atoms with van der Waals surface area (Å²) in [6.45, 7) is 1.36. The Morgan fingerprint density at radius 3 is 1.52 bits per heavy atom. The second-order valence-corrected chi connectivity index (χ2v) is 9.49. The van der Waals surface area contributed by atoms with E-state index in [9.17, 15) is 28.8 Å². The number of rotatable bonds is 10. The maximum Gasteiger partial charge on any atom is 0.331 e. The van der Waals surface area contributed by atoms with Gasteiger partial charge >= 0.3 is 29.8 Å². The molecule has 1 unspecified atom stereocenters. The Morgan fingerprint density at radius 1 is 0.575 bits per heavy atom. The second-order valence-electron chi connectivity index (χ2n) is 9.49. The number of allylic oxidation sites excluding steroid dienone is 1. The summed E-state index contributed by atoms with van der Waals surface area (Å²) in [6, 6.07) is 0. The van der Waals surface area contributed by atoms with Crippen molar-refractivity contribution < 1.29 is 67.0 Å². The van der Waals surface area contributed by atoms with Gasteiger partial charge in [-0.25, -0.2) is 24.0 Å². The lowest BCUT2D eigenvalue weighted by atomic mass is 10.0.